The van der Waals surface area contributed by atoms with E-state index in [0.29, 0.717) is 42.1 Å². The maximum Gasteiger partial charge on any atom is 0.407 e. The second-order valence-corrected chi connectivity index (χ2v) is 7.47. The van der Waals surface area contributed by atoms with Gasteiger partial charge in [-0.2, -0.15) is 0 Å². The molecule has 1 aliphatic heterocycles. The van der Waals surface area contributed by atoms with E-state index in [-0.39, 0.29) is 18.1 Å². The standard InChI is InChI=1S/C19H23ClN4O3/c1-12(2)7-8-21-18(25)16-15-11-23(19(26)27)9-10-24(15)17(22-16)13-3-5-14(20)6-4-13/h3-6,12H,7-11H2,1-2H3,(H,21,25)(H,26,27). The molecule has 0 fully saturated rings. The van der Waals surface area contributed by atoms with E-state index in [0.717, 1.165) is 12.0 Å². The fourth-order valence-corrected chi connectivity index (χ4v) is 3.22. The molecule has 2 heterocycles. The Morgan fingerprint density at radius 1 is 1.26 bits per heavy atom. The van der Waals surface area contributed by atoms with Crippen LogP contribution in [0.4, 0.5) is 4.79 Å². The number of hydrogen-bond donors (Lipinski definition) is 2. The van der Waals surface area contributed by atoms with Crippen LogP contribution in [0.1, 0.15) is 36.5 Å². The van der Waals surface area contributed by atoms with Gasteiger partial charge in [-0.3, -0.25) is 4.79 Å². The van der Waals surface area contributed by atoms with Crippen LogP contribution in [0.25, 0.3) is 11.4 Å². The molecule has 2 N–H and O–H groups in total. The van der Waals surface area contributed by atoms with Gasteiger partial charge >= 0.3 is 6.09 Å². The maximum absolute atomic E-state index is 12.7. The third-order valence-corrected chi connectivity index (χ3v) is 4.85. The number of rotatable bonds is 5. The summed E-state index contributed by atoms with van der Waals surface area (Å²) in [5.41, 5.74) is 1.75. The highest BCUT2D eigenvalue weighted by Crippen LogP contribution is 2.27. The molecule has 1 aromatic heterocycles. The Kier molecular flexibility index (Phi) is 5.70. The number of hydrogen-bond acceptors (Lipinski definition) is 3. The minimum absolute atomic E-state index is 0.142. The van der Waals surface area contributed by atoms with Gasteiger partial charge in [0.25, 0.3) is 5.91 Å². The van der Waals surface area contributed by atoms with E-state index < -0.39 is 6.09 Å². The van der Waals surface area contributed by atoms with E-state index in [1.807, 2.05) is 16.7 Å². The summed E-state index contributed by atoms with van der Waals surface area (Å²) < 4.78 is 1.93. The Hall–Kier alpha value is -2.54. The topological polar surface area (TPSA) is 87.5 Å². The molecule has 27 heavy (non-hydrogen) atoms. The third-order valence-electron chi connectivity index (χ3n) is 4.60. The van der Waals surface area contributed by atoms with Crippen molar-refractivity contribution >= 4 is 23.6 Å². The van der Waals surface area contributed by atoms with Gasteiger partial charge in [0.15, 0.2) is 5.69 Å². The molecule has 0 saturated heterocycles. The summed E-state index contributed by atoms with van der Waals surface area (Å²) in [4.78, 5) is 30.0. The Bertz CT molecular complexity index is 845. The van der Waals surface area contributed by atoms with Crippen molar-refractivity contribution in [2.24, 2.45) is 5.92 Å². The second kappa shape index (κ2) is 8.00. The molecule has 1 aliphatic rings. The Labute approximate surface area is 163 Å². The SMILES string of the molecule is CC(C)CCNC(=O)c1nc(-c2ccc(Cl)cc2)n2c1CN(C(=O)O)CC2. The lowest BCUT2D eigenvalue weighted by Gasteiger charge is -2.27. The van der Waals surface area contributed by atoms with Gasteiger partial charge in [0.2, 0.25) is 0 Å². The first-order valence-corrected chi connectivity index (χ1v) is 9.36. The van der Waals surface area contributed by atoms with Crippen molar-refractivity contribution in [2.75, 3.05) is 13.1 Å². The predicted octanol–water partition coefficient (Wildman–Crippen LogP) is 3.47. The minimum Gasteiger partial charge on any atom is -0.465 e. The zero-order chi connectivity index (χ0) is 19.6. The van der Waals surface area contributed by atoms with Gasteiger partial charge in [-0.25, -0.2) is 9.78 Å². The highest BCUT2D eigenvalue weighted by molar-refractivity contribution is 6.30. The van der Waals surface area contributed by atoms with Crippen molar-refractivity contribution in [3.05, 3.63) is 40.7 Å². The van der Waals surface area contributed by atoms with Crippen LogP contribution in [0, 0.1) is 5.92 Å². The molecule has 7 nitrogen and oxygen atoms in total. The largest absolute Gasteiger partial charge is 0.465 e. The summed E-state index contributed by atoms with van der Waals surface area (Å²) >= 11 is 5.97. The van der Waals surface area contributed by atoms with Crippen LogP contribution in [-0.4, -0.2) is 44.6 Å². The number of carboxylic acid groups (broad SMARTS) is 1. The van der Waals surface area contributed by atoms with Gasteiger partial charge in [-0.1, -0.05) is 25.4 Å². The Morgan fingerprint density at radius 3 is 2.59 bits per heavy atom. The summed E-state index contributed by atoms with van der Waals surface area (Å²) in [6.07, 6.45) is -0.130. The molecule has 0 atom stereocenters. The van der Waals surface area contributed by atoms with Crippen molar-refractivity contribution in [3.63, 3.8) is 0 Å². The minimum atomic E-state index is -0.998. The lowest BCUT2D eigenvalue weighted by atomic mass is 10.1. The van der Waals surface area contributed by atoms with Crippen molar-refractivity contribution in [1.29, 1.82) is 0 Å². The average molecular weight is 391 g/mol. The molecule has 144 valence electrons. The second-order valence-electron chi connectivity index (χ2n) is 7.03. The van der Waals surface area contributed by atoms with E-state index in [1.54, 1.807) is 12.1 Å². The summed E-state index contributed by atoms with van der Waals surface area (Å²) in [6, 6.07) is 7.24. The first-order valence-electron chi connectivity index (χ1n) is 8.98. The zero-order valence-corrected chi connectivity index (χ0v) is 16.2. The quantitative estimate of drug-likeness (QED) is 0.818. The molecule has 0 radical (unpaired) electrons. The molecule has 0 saturated carbocycles. The number of imidazole rings is 1. The third kappa shape index (κ3) is 4.24. The fourth-order valence-electron chi connectivity index (χ4n) is 3.09. The van der Waals surface area contributed by atoms with Gasteiger partial charge in [0.05, 0.1) is 12.2 Å². The summed E-state index contributed by atoms with van der Waals surface area (Å²) in [5.74, 6) is 0.862. The number of aromatic nitrogens is 2. The molecule has 0 spiro atoms. The van der Waals surface area contributed by atoms with Crippen molar-refractivity contribution in [3.8, 4) is 11.4 Å². The van der Waals surface area contributed by atoms with Crippen molar-refractivity contribution in [1.82, 2.24) is 19.8 Å². The van der Waals surface area contributed by atoms with E-state index in [4.69, 9.17) is 11.6 Å². The molecule has 8 heteroatoms. The van der Waals surface area contributed by atoms with Crippen molar-refractivity contribution in [2.45, 2.75) is 33.4 Å². The number of amides is 2. The molecule has 0 aliphatic carbocycles. The van der Waals surface area contributed by atoms with E-state index in [2.05, 4.69) is 24.1 Å². The zero-order valence-electron chi connectivity index (χ0n) is 15.4. The number of fused-ring (bicyclic) bond motifs is 1. The summed E-state index contributed by atoms with van der Waals surface area (Å²) in [5, 5.41) is 12.8. The van der Waals surface area contributed by atoms with Gasteiger partial charge in [0, 0.05) is 30.2 Å². The number of carbonyl (C=O) groups is 2. The van der Waals surface area contributed by atoms with Crippen LogP contribution >= 0.6 is 11.6 Å². The molecule has 1 aromatic carbocycles. The molecular formula is C19H23ClN4O3. The van der Waals surface area contributed by atoms with E-state index in [1.165, 1.54) is 4.90 Å². The van der Waals surface area contributed by atoms with Crippen LogP contribution in [-0.2, 0) is 13.1 Å². The summed E-state index contributed by atoms with van der Waals surface area (Å²) in [7, 11) is 0. The van der Waals surface area contributed by atoms with Crippen molar-refractivity contribution < 1.29 is 14.7 Å². The normalized spacial score (nSPS) is 13.6. The number of benzene rings is 1. The average Bonchev–Trinajstić information content (AvgIpc) is 3.01. The number of halogens is 1. The highest BCUT2D eigenvalue weighted by atomic mass is 35.5. The first kappa shape index (κ1) is 19.2. The monoisotopic (exact) mass is 390 g/mol. The van der Waals surface area contributed by atoms with Crippen LogP contribution in [0.15, 0.2) is 24.3 Å². The molecule has 2 aromatic rings. The lowest BCUT2D eigenvalue weighted by molar-refractivity contribution is 0.0941. The number of carbonyl (C=O) groups excluding carboxylic acids is 1. The van der Waals surface area contributed by atoms with Gasteiger partial charge in [-0.05, 0) is 36.6 Å². The smallest absolute Gasteiger partial charge is 0.407 e. The van der Waals surface area contributed by atoms with Gasteiger partial charge in [0.1, 0.15) is 5.82 Å². The molecular weight excluding hydrogens is 368 g/mol. The molecule has 2 amide bonds. The highest BCUT2D eigenvalue weighted by Gasteiger charge is 2.29. The first-order chi connectivity index (χ1) is 12.9. The molecule has 0 unspecified atom stereocenters. The van der Waals surface area contributed by atoms with E-state index in [9.17, 15) is 14.7 Å². The van der Waals surface area contributed by atoms with Gasteiger partial charge in [-0.15, -0.1) is 0 Å². The fraction of sp³-hybridized carbons (Fsp3) is 0.421. The summed E-state index contributed by atoms with van der Waals surface area (Å²) in [6.45, 7) is 5.69. The van der Waals surface area contributed by atoms with Gasteiger partial charge < -0.3 is 19.9 Å². The molecule has 3 rings (SSSR count). The van der Waals surface area contributed by atoms with Crippen LogP contribution in [0.5, 0.6) is 0 Å². The van der Waals surface area contributed by atoms with Crippen LogP contribution in [0.3, 0.4) is 0 Å². The van der Waals surface area contributed by atoms with Crippen LogP contribution < -0.4 is 5.32 Å². The van der Waals surface area contributed by atoms with E-state index >= 15 is 0 Å². The predicted molar refractivity (Wildman–Crippen MR) is 103 cm³/mol. The molecule has 0 bridgehead atoms. The lowest BCUT2D eigenvalue weighted by Crippen LogP contribution is -2.38. The van der Waals surface area contributed by atoms with Crippen LogP contribution in [0.2, 0.25) is 5.02 Å². The number of nitrogens with one attached hydrogen (secondary N) is 1. The maximum atomic E-state index is 12.7. The Balaban J connectivity index is 1.95. The number of nitrogens with zero attached hydrogens (tertiary/aromatic N) is 3. The Morgan fingerprint density at radius 2 is 1.96 bits per heavy atom.